The molecule has 0 unspecified atom stereocenters. The van der Waals surface area contributed by atoms with Gasteiger partial charge in [-0.3, -0.25) is 4.79 Å². The molecule has 2 aliphatic heterocycles. The number of carbonyl (C=O) groups excluding carboxylic acids is 1. The van der Waals surface area contributed by atoms with E-state index in [0.717, 1.165) is 44.6 Å². The maximum absolute atomic E-state index is 13.3. The lowest BCUT2D eigenvalue weighted by Crippen LogP contribution is -2.47. The number of hydrogen-bond acceptors (Lipinski definition) is 4. The third-order valence-corrected chi connectivity index (χ3v) is 5.83. The summed E-state index contributed by atoms with van der Waals surface area (Å²) in [6.45, 7) is 5.48. The topological polar surface area (TPSA) is 44.8 Å². The molecule has 2 saturated heterocycles. The SMILES string of the molecule is COCCN(C(=O)c1cccc([C@@H]2CCCNC2)c1)C1CCN(C)CC1. The Morgan fingerprint density at radius 2 is 2.12 bits per heavy atom. The van der Waals surface area contributed by atoms with Crippen LogP contribution in [0.1, 0.15) is 47.5 Å². The van der Waals surface area contributed by atoms with Gasteiger partial charge in [0.1, 0.15) is 0 Å². The highest BCUT2D eigenvalue weighted by atomic mass is 16.5. The molecule has 3 rings (SSSR count). The predicted octanol–water partition coefficient (Wildman–Crippen LogP) is 2.34. The van der Waals surface area contributed by atoms with Gasteiger partial charge in [-0.2, -0.15) is 0 Å². The van der Waals surface area contributed by atoms with Gasteiger partial charge in [0.15, 0.2) is 0 Å². The van der Waals surface area contributed by atoms with Crippen molar-refractivity contribution < 1.29 is 9.53 Å². The van der Waals surface area contributed by atoms with E-state index in [1.54, 1.807) is 7.11 Å². The summed E-state index contributed by atoms with van der Waals surface area (Å²) in [4.78, 5) is 17.7. The normalized spacial score (nSPS) is 22.3. The van der Waals surface area contributed by atoms with Crippen LogP contribution in [0.15, 0.2) is 24.3 Å². The zero-order valence-corrected chi connectivity index (χ0v) is 16.2. The number of methoxy groups -OCH3 is 1. The molecule has 0 spiro atoms. The van der Waals surface area contributed by atoms with Gasteiger partial charge in [-0.1, -0.05) is 12.1 Å². The molecule has 1 amide bonds. The van der Waals surface area contributed by atoms with Crippen LogP contribution in [0.3, 0.4) is 0 Å². The summed E-state index contributed by atoms with van der Waals surface area (Å²) in [5, 5.41) is 3.47. The molecular formula is C21H33N3O2. The summed E-state index contributed by atoms with van der Waals surface area (Å²) >= 11 is 0. The molecule has 26 heavy (non-hydrogen) atoms. The molecule has 1 aromatic rings. The molecule has 1 aromatic carbocycles. The number of carbonyl (C=O) groups is 1. The highest BCUT2D eigenvalue weighted by molar-refractivity contribution is 5.94. The van der Waals surface area contributed by atoms with Crippen LogP contribution in [0.25, 0.3) is 0 Å². The smallest absolute Gasteiger partial charge is 0.254 e. The molecule has 0 aromatic heterocycles. The van der Waals surface area contributed by atoms with Gasteiger partial charge in [-0.15, -0.1) is 0 Å². The Labute approximate surface area is 157 Å². The fourth-order valence-electron chi connectivity index (χ4n) is 4.17. The first-order valence-electron chi connectivity index (χ1n) is 9.98. The molecule has 1 N–H and O–H groups in total. The van der Waals surface area contributed by atoms with Gasteiger partial charge < -0.3 is 19.9 Å². The minimum atomic E-state index is 0.155. The largest absolute Gasteiger partial charge is 0.383 e. The Bertz CT molecular complexity index is 578. The second-order valence-corrected chi connectivity index (χ2v) is 7.69. The van der Waals surface area contributed by atoms with E-state index < -0.39 is 0 Å². The van der Waals surface area contributed by atoms with E-state index >= 15 is 0 Å². The third kappa shape index (κ3) is 4.84. The fraction of sp³-hybridized carbons (Fsp3) is 0.667. The van der Waals surface area contributed by atoms with Crippen LogP contribution in [0.5, 0.6) is 0 Å². The summed E-state index contributed by atoms with van der Waals surface area (Å²) < 4.78 is 5.28. The highest BCUT2D eigenvalue weighted by Crippen LogP contribution is 2.25. The van der Waals surface area contributed by atoms with Crippen molar-refractivity contribution in [2.45, 2.75) is 37.6 Å². The molecule has 2 fully saturated rings. The first kappa shape index (κ1) is 19.3. The maximum Gasteiger partial charge on any atom is 0.254 e. The molecule has 5 heteroatoms. The van der Waals surface area contributed by atoms with Crippen LogP contribution in [-0.2, 0) is 4.74 Å². The Morgan fingerprint density at radius 3 is 2.81 bits per heavy atom. The van der Waals surface area contributed by atoms with Crippen molar-refractivity contribution in [3.05, 3.63) is 35.4 Å². The van der Waals surface area contributed by atoms with Gasteiger partial charge in [0.25, 0.3) is 5.91 Å². The molecule has 1 atom stereocenters. The number of benzene rings is 1. The molecule has 0 radical (unpaired) electrons. The average Bonchev–Trinajstić information content (AvgIpc) is 2.70. The number of hydrogen-bond donors (Lipinski definition) is 1. The number of nitrogens with zero attached hydrogens (tertiary/aromatic N) is 2. The van der Waals surface area contributed by atoms with E-state index in [1.165, 1.54) is 18.4 Å². The van der Waals surface area contributed by atoms with Crippen molar-refractivity contribution in [2.75, 3.05) is 53.5 Å². The monoisotopic (exact) mass is 359 g/mol. The third-order valence-electron chi connectivity index (χ3n) is 5.83. The summed E-state index contributed by atoms with van der Waals surface area (Å²) in [6, 6.07) is 8.61. The number of likely N-dealkylation sites (tertiary alicyclic amines) is 1. The van der Waals surface area contributed by atoms with Crippen LogP contribution >= 0.6 is 0 Å². The van der Waals surface area contributed by atoms with Crippen LogP contribution in [0, 0.1) is 0 Å². The van der Waals surface area contributed by atoms with E-state index in [-0.39, 0.29) is 5.91 Å². The molecule has 0 saturated carbocycles. The zero-order valence-electron chi connectivity index (χ0n) is 16.2. The molecule has 2 heterocycles. The zero-order chi connectivity index (χ0) is 18.4. The first-order valence-corrected chi connectivity index (χ1v) is 9.98. The van der Waals surface area contributed by atoms with Crippen LogP contribution < -0.4 is 5.32 Å². The van der Waals surface area contributed by atoms with Gasteiger partial charge in [-0.05, 0) is 76.0 Å². The van der Waals surface area contributed by atoms with Crippen molar-refractivity contribution in [3.63, 3.8) is 0 Å². The van der Waals surface area contributed by atoms with Gasteiger partial charge in [-0.25, -0.2) is 0 Å². The second kappa shape index (κ2) is 9.49. The highest BCUT2D eigenvalue weighted by Gasteiger charge is 2.28. The molecule has 0 bridgehead atoms. The Balaban J connectivity index is 1.75. The Kier molecular flexibility index (Phi) is 7.06. The van der Waals surface area contributed by atoms with Crippen molar-refractivity contribution in [2.24, 2.45) is 0 Å². The summed E-state index contributed by atoms with van der Waals surface area (Å²) in [5.74, 6) is 0.675. The van der Waals surface area contributed by atoms with Crippen molar-refractivity contribution in [1.29, 1.82) is 0 Å². The molecule has 144 valence electrons. The minimum Gasteiger partial charge on any atom is -0.383 e. The van der Waals surface area contributed by atoms with Gasteiger partial charge in [0.2, 0.25) is 0 Å². The lowest BCUT2D eigenvalue weighted by molar-refractivity contribution is 0.0505. The summed E-state index contributed by atoms with van der Waals surface area (Å²) in [5.41, 5.74) is 2.11. The predicted molar refractivity (Wildman–Crippen MR) is 105 cm³/mol. The summed E-state index contributed by atoms with van der Waals surface area (Å²) in [7, 11) is 3.85. The standard InChI is InChI=1S/C21H33N3O2/c1-23-11-8-20(9-12-23)24(13-14-26-2)21(25)18-6-3-5-17(15-18)19-7-4-10-22-16-19/h3,5-6,15,19-20,22H,4,7-14,16H2,1-2H3/t19-/m1/s1. The van der Waals surface area contributed by atoms with E-state index in [2.05, 4.69) is 34.3 Å². The molecule has 2 aliphatic rings. The van der Waals surface area contributed by atoms with Gasteiger partial charge in [0, 0.05) is 31.8 Å². The second-order valence-electron chi connectivity index (χ2n) is 7.69. The number of amides is 1. The quantitative estimate of drug-likeness (QED) is 0.847. The van der Waals surface area contributed by atoms with E-state index in [4.69, 9.17) is 4.74 Å². The number of nitrogens with one attached hydrogen (secondary N) is 1. The minimum absolute atomic E-state index is 0.155. The summed E-state index contributed by atoms with van der Waals surface area (Å²) in [6.07, 6.45) is 4.49. The Hall–Kier alpha value is -1.43. The average molecular weight is 360 g/mol. The van der Waals surface area contributed by atoms with E-state index in [0.29, 0.717) is 25.1 Å². The Morgan fingerprint density at radius 1 is 1.31 bits per heavy atom. The van der Waals surface area contributed by atoms with E-state index in [9.17, 15) is 4.79 Å². The lowest BCUT2D eigenvalue weighted by Gasteiger charge is -2.37. The van der Waals surface area contributed by atoms with Crippen LogP contribution in [0.2, 0.25) is 0 Å². The first-order chi connectivity index (χ1) is 12.7. The number of piperidine rings is 2. The van der Waals surface area contributed by atoms with Crippen molar-refractivity contribution >= 4 is 5.91 Å². The molecular weight excluding hydrogens is 326 g/mol. The van der Waals surface area contributed by atoms with Gasteiger partial charge in [0.05, 0.1) is 6.61 Å². The van der Waals surface area contributed by atoms with Crippen molar-refractivity contribution in [1.82, 2.24) is 15.1 Å². The van der Waals surface area contributed by atoms with Crippen molar-refractivity contribution in [3.8, 4) is 0 Å². The number of rotatable bonds is 6. The molecule has 5 nitrogen and oxygen atoms in total. The van der Waals surface area contributed by atoms with Gasteiger partial charge >= 0.3 is 0 Å². The maximum atomic E-state index is 13.3. The van der Waals surface area contributed by atoms with Crippen LogP contribution in [0.4, 0.5) is 0 Å². The van der Waals surface area contributed by atoms with E-state index in [1.807, 2.05) is 12.1 Å². The lowest BCUT2D eigenvalue weighted by atomic mass is 9.90. The van der Waals surface area contributed by atoms with Crippen LogP contribution in [-0.4, -0.2) is 75.2 Å². The number of ether oxygens (including phenoxy) is 1. The molecule has 0 aliphatic carbocycles. The fourth-order valence-corrected chi connectivity index (χ4v) is 4.17.